The molecule has 1 saturated heterocycles. The fourth-order valence-electron chi connectivity index (χ4n) is 3.14. The fourth-order valence-corrected chi connectivity index (χ4v) is 3.14. The van der Waals surface area contributed by atoms with Crippen molar-refractivity contribution in [1.82, 2.24) is 15.0 Å². The Balaban J connectivity index is 0.00000240. The molecular weight excluding hydrogens is 356 g/mol. The van der Waals surface area contributed by atoms with Crippen molar-refractivity contribution in [3.8, 4) is 22.8 Å². The number of rotatable bonds is 4. The molecule has 28 heavy (non-hydrogen) atoms. The van der Waals surface area contributed by atoms with Crippen molar-refractivity contribution in [3.63, 3.8) is 0 Å². The molecular formula is C21H22N4O3. The van der Waals surface area contributed by atoms with Gasteiger partial charge in [0.25, 0.3) is 5.89 Å². The van der Waals surface area contributed by atoms with E-state index in [1.165, 1.54) is 5.56 Å². The van der Waals surface area contributed by atoms with Gasteiger partial charge in [-0.15, -0.1) is 0 Å². The van der Waals surface area contributed by atoms with Crippen LogP contribution >= 0.6 is 0 Å². The second kappa shape index (κ2) is 7.26. The van der Waals surface area contributed by atoms with Crippen molar-refractivity contribution in [2.45, 2.75) is 13.3 Å². The summed E-state index contributed by atoms with van der Waals surface area (Å²) in [5, 5.41) is 6.89. The third kappa shape index (κ3) is 3.64. The van der Waals surface area contributed by atoms with Gasteiger partial charge >= 0.3 is 0 Å². The van der Waals surface area contributed by atoms with Crippen molar-refractivity contribution in [3.05, 3.63) is 54.1 Å². The molecule has 4 rings (SSSR count). The zero-order valence-electron chi connectivity index (χ0n) is 15.7. The van der Waals surface area contributed by atoms with E-state index in [0.717, 1.165) is 11.1 Å². The lowest BCUT2D eigenvalue weighted by Crippen LogP contribution is -2.25. The lowest BCUT2D eigenvalue weighted by atomic mass is 10.1. The highest BCUT2D eigenvalue weighted by Gasteiger charge is 2.32. The average Bonchev–Trinajstić information content (AvgIpc) is 3.30. The molecule has 3 aromatic rings. The second-order valence-corrected chi connectivity index (χ2v) is 7.03. The van der Waals surface area contributed by atoms with Crippen LogP contribution in [0.4, 0.5) is 5.69 Å². The van der Waals surface area contributed by atoms with Crippen LogP contribution in [0.5, 0.6) is 0 Å². The van der Waals surface area contributed by atoms with Crippen LogP contribution in [0.25, 0.3) is 22.8 Å². The van der Waals surface area contributed by atoms with Crippen LogP contribution < -0.4 is 5.32 Å². The summed E-state index contributed by atoms with van der Waals surface area (Å²) in [6, 6.07) is 15.1. The molecule has 2 amide bonds. The first-order valence-electron chi connectivity index (χ1n) is 9.05. The molecule has 0 radical (unpaired) electrons. The van der Waals surface area contributed by atoms with Crippen molar-refractivity contribution < 1.29 is 15.5 Å². The lowest BCUT2D eigenvalue weighted by molar-refractivity contribution is -0.127. The van der Waals surface area contributed by atoms with Crippen molar-refractivity contribution in [1.29, 1.82) is 0 Å². The first-order chi connectivity index (χ1) is 13.5. The topological polar surface area (TPSA) is 88.3 Å². The van der Waals surface area contributed by atoms with Crippen LogP contribution in [0.3, 0.4) is 0 Å². The summed E-state index contributed by atoms with van der Waals surface area (Å²) >= 11 is 0. The van der Waals surface area contributed by atoms with Crippen molar-refractivity contribution in [2.24, 2.45) is 5.92 Å². The Morgan fingerprint density at radius 1 is 1.14 bits per heavy atom. The Morgan fingerprint density at radius 2 is 1.82 bits per heavy atom. The minimum atomic E-state index is -0.315. The van der Waals surface area contributed by atoms with Crippen molar-refractivity contribution in [2.75, 3.05) is 18.9 Å². The number of amides is 2. The maximum Gasteiger partial charge on any atom is 0.258 e. The van der Waals surface area contributed by atoms with E-state index in [9.17, 15) is 9.59 Å². The normalized spacial score (nSPS) is 16.4. The zero-order chi connectivity index (χ0) is 19.7. The minimum Gasteiger partial charge on any atom is -0.345 e. The lowest BCUT2D eigenvalue weighted by Gasteiger charge is -2.11. The molecule has 1 atom stereocenters. The summed E-state index contributed by atoms with van der Waals surface area (Å²) in [5.41, 5.74) is 3.48. The van der Waals surface area contributed by atoms with E-state index in [1.807, 2.05) is 43.3 Å². The summed E-state index contributed by atoms with van der Waals surface area (Å²) < 4.78 is 5.37. The largest absolute Gasteiger partial charge is 0.345 e. The van der Waals surface area contributed by atoms with Gasteiger partial charge in [-0.25, -0.2) is 0 Å². The number of carbonyl (C=O) groups excluding carboxylic acids is 2. The number of aryl methyl sites for hydroxylation is 1. The van der Waals surface area contributed by atoms with E-state index >= 15 is 0 Å². The molecule has 0 spiro atoms. The van der Waals surface area contributed by atoms with Crippen LogP contribution in [0.15, 0.2) is 53.1 Å². The smallest absolute Gasteiger partial charge is 0.258 e. The second-order valence-electron chi connectivity index (χ2n) is 7.03. The average molecular weight is 378 g/mol. The van der Waals surface area contributed by atoms with Gasteiger partial charge in [-0.2, -0.15) is 4.98 Å². The van der Waals surface area contributed by atoms with Crippen LogP contribution in [0.2, 0.25) is 0 Å². The quantitative estimate of drug-likeness (QED) is 0.752. The van der Waals surface area contributed by atoms with Gasteiger partial charge in [0.05, 0.1) is 5.92 Å². The number of anilines is 1. The molecule has 1 aromatic heterocycles. The van der Waals surface area contributed by atoms with E-state index in [2.05, 4.69) is 15.5 Å². The standard InChI is InChI=1S/C21H20N4O3.H2/c1-13-3-5-14(6-4-13)19-23-21(28-24-19)15-7-9-17(10-8-15)22-20(27)16-11-18(26)25(2)12-16;/h3-10,16H,11-12H2,1-2H3,(H,22,27);1H. The maximum absolute atomic E-state index is 12.3. The third-order valence-electron chi connectivity index (χ3n) is 4.85. The third-order valence-corrected chi connectivity index (χ3v) is 4.85. The number of nitrogens with one attached hydrogen (secondary N) is 1. The fraction of sp³-hybridized carbons (Fsp3) is 0.238. The Morgan fingerprint density at radius 3 is 2.46 bits per heavy atom. The van der Waals surface area contributed by atoms with Gasteiger partial charge in [0, 0.05) is 38.3 Å². The predicted octanol–water partition coefficient (Wildman–Crippen LogP) is 3.37. The highest BCUT2D eigenvalue weighted by atomic mass is 16.5. The number of aromatic nitrogens is 2. The number of carbonyl (C=O) groups is 2. The highest BCUT2D eigenvalue weighted by Crippen LogP contribution is 2.24. The molecule has 0 bridgehead atoms. The number of hydrogen-bond acceptors (Lipinski definition) is 5. The molecule has 7 nitrogen and oxygen atoms in total. The Kier molecular flexibility index (Phi) is 4.65. The molecule has 7 heteroatoms. The van der Waals surface area contributed by atoms with E-state index in [-0.39, 0.29) is 25.6 Å². The Labute approximate surface area is 163 Å². The molecule has 2 aromatic carbocycles. The summed E-state index contributed by atoms with van der Waals surface area (Å²) in [4.78, 5) is 29.9. The molecule has 1 fully saturated rings. The Hall–Kier alpha value is -3.48. The number of nitrogens with zero attached hydrogens (tertiary/aromatic N) is 3. The monoisotopic (exact) mass is 378 g/mol. The van der Waals surface area contributed by atoms with Crippen LogP contribution in [0.1, 0.15) is 13.4 Å². The molecule has 1 aliphatic heterocycles. The van der Waals surface area contributed by atoms with E-state index in [0.29, 0.717) is 23.9 Å². The maximum atomic E-state index is 12.3. The molecule has 144 valence electrons. The summed E-state index contributed by atoms with van der Waals surface area (Å²) in [5.74, 6) is 0.477. The first-order valence-corrected chi connectivity index (χ1v) is 9.05. The van der Waals surface area contributed by atoms with E-state index < -0.39 is 0 Å². The molecule has 1 N–H and O–H groups in total. The highest BCUT2D eigenvalue weighted by molar-refractivity contribution is 5.97. The van der Waals surface area contributed by atoms with Gasteiger partial charge in [0.2, 0.25) is 17.6 Å². The van der Waals surface area contributed by atoms with E-state index in [1.54, 1.807) is 24.1 Å². The molecule has 0 saturated carbocycles. The summed E-state index contributed by atoms with van der Waals surface area (Å²) in [6.07, 6.45) is 0.254. The van der Waals surface area contributed by atoms with Gasteiger partial charge in [-0.05, 0) is 31.2 Å². The van der Waals surface area contributed by atoms with Gasteiger partial charge in [0.15, 0.2) is 0 Å². The number of benzene rings is 2. The van der Waals surface area contributed by atoms with E-state index in [4.69, 9.17) is 4.52 Å². The molecule has 1 aliphatic rings. The van der Waals surface area contributed by atoms with Gasteiger partial charge < -0.3 is 14.7 Å². The number of likely N-dealkylation sites (tertiary alicyclic amines) is 1. The SMILES string of the molecule is Cc1ccc(-c2noc(-c3ccc(NC(=O)C4CC(=O)N(C)C4)cc3)n2)cc1.[HH]. The van der Waals surface area contributed by atoms with Crippen LogP contribution in [-0.4, -0.2) is 40.4 Å². The van der Waals surface area contributed by atoms with Gasteiger partial charge in [0.1, 0.15) is 0 Å². The molecule has 1 unspecified atom stereocenters. The summed E-state index contributed by atoms with van der Waals surface area (Å²) in [6.45, 7) is 2.47. The van der Waals surface area contributed by atoms with Gasteiger partial charge in [-0.1, -0.05) is 35.0 Å². The predicted molar refractivity (Wildman–Crippen MR) is 106 cm³/mol. The van der Waals surface area contributed by atoms with Crippen molar-refractivity contribution >= 4 is 17.5 Å². The van der Waals surface area contributed by atoms with Gasteiger partial charge in [-0.3, -0.25) is 9.59 Å². The van der Waals surface area contributed by atoms with Crippen LogP contribution in [-0.2, 0) is 9.59 Å². The van der Waals surface area contributed by atoms with Crippen LogP contribution in [0, 0.1) is 12.8 Å². The Bertz CT molecular complexity index is 1020. The molecule has 0 aliphatic carbocycles. The molecule has 2 heterocycles. The first kappa shape index (κ1) is 17.9. The minimum absolute atomic E-state index is 0. The zero-order valence-corrected chi connectivity index (χ0v) is 15.7. The number of hydrogen-bond donors (Lipinski definition) is 1. The summed E-state index contributed by atoms with van der Waals surface area (Å²) in [7, 11) is 1.71.